The number of hydrogen-bond donors (Lipinski definition) is 0. The molecule has 0 saturated carbocycles. The second-order valence-electron chi connectivity index (χ2n) is 8.34. The fourth-order valence-corrected chi connectivity index (χ4v) is 3.90. The number of carbonyl (C=O) groups is 2. The zero-order valence-electron chi connectivity index (χ0n) is 16.2. The summed E-state index contributed by atoms with van der Waals surface area (Å²) in [6.07, 6.45) is 4.56. The highest BCUT2D eigenvalue weighted by atomic mass is 16.2. The van der Waals surface area contributed by atoms with Crippen LogP contribution in [0.1, 0.15) is 60.3 Å². The van der Waals surface area contributed by atoms with Crippen molar-refractivity contribution in [3.05, 3.63) is 0 Å². The first kappa shape index (κ1) is 19.2. The van der Waals surface area contributed by atoms with Crippen molar-refractivity contribution in [1.29, 1.82) is 0 Å². The van der Waals surface area contributed by atoms with Crippen LogP contribution in [0.2, 0.25) is 0 Å². The molecule has 0 N–H and O–H groups in total. The average Bonchev–Trinajstić information content (AvgIpc) is 2.59. The monoisotopic (exact) mass is 337 g/mol. The molecule has 2 atom stereocenters. The minimum Gasteiger partial charge on any atom is -0.340 e. The zero-order chi connectivity index (χ0) is 17.9. The maximum atomic E-state index is 12.9. The Morgan fingerprint density at radius 1 is 1.04 bits per heavy atom. The standard InChI is InChI=1S/C19H35N3O2/c1-6-16-9-7-8-10-22(16)17(23)15(2)20-11-13-21(14-12-20)18(24)19(3,4)5/h15-16H,6-14H2,1-5H3. The van der Waals surface area contributed by atoms with Gasteiger partial charge in [-0.2, -0.15) is 0 Å². The quantitative estimate of drug-likeness (QED) is 0.794. The van der Waals surface area contributed by atoms with E-state index in [1.165, 1.54) is 6.42 Å². The van der Waals surface area contributed by atoms with Crippen molar-refractivity contribution >= 4 is 11.8 Å². The van der Waals surface area contributed by atoms with Gasteiger partial charge in [0.15, 0.2) is 0 Å². The van der Waals surface area contributed by atoms with Crippen LogP contribution in [0.4, 0.5) is 0 Å². The fourth-order valence-electron chi connectivity index (χ4n) is 3.90. The summed E-state index contributed by atoms with van der Waals surface area (Å²) in [5.74, 6) is 0.486. The number of piperazine rings is 1. The van der Waals surface area contributed by atoms with Gasteiger partial charge >= 0.3 is 0 Å². The number of likely N-dealkylation sites (tertiary alicyclic amines) is 1. The molecule has 2 aliphatic rings. The summed E-state index contributed by atoms with van der Waals surface area (Å²) < 4.78 is 0. The molecule has 0 radical (unpaired) electrons. The summed E-state index contributed by atoms with van der Waals surface area (Å²) in [6.45, 7) is 14.1. The predicted molar refractivity (Wildman–Crippen MR) is 96.7 cm³/mol. The summed E-state index contributed by atoms with van der Waals surface area (Å²) in [6, 6.07) is 0.335. The largest absolute Gasteiger partial charge is 0.340 e. The van der Waals surface area contributed by atoms with Crippen molar-refractivity contribution in [2.45, 2.75) is 72.4 Å². The molecule has 24 heavy (non-hydrogen) atoms. The second kappa shape index (κ2) is 7.85. The molecule has 0 spiro atoms. The molecule has 5 nitrogen and oxygen atoms in total. The first-order chi connectivity index (χ1) is 11.3. The molecule has 138 valence electrons. The Morgan fingerprint density at radius 3 is 2.21 bits per heavy atom. The Balaban J connectivity index is 1.91. The molecule has 0 aromatic rings. The minimum absolute atomic E-state index is 0.0796. The van der Waals surface area contributed by atoms with Crippen molar-refractivity contribution in [2.75, 3.05) is 32.7 Å². The van der Waals surface area contributed by atoms with Crippen LogP contribution in [0.5, 0.6) is 0 Å². The normalized spacial score (nSPS) is 24.8. The summed E-state index contributed by atoms with van der Waals surface area (Å²) in [4.78, 5) is 31.6. The third-order valence-corrected chi connectivity index (χ3v) is 5.53. The molecule has 5 heteroatoms. The van der Waals surface area contributed by atoms with E-state index in [1.807, 2.05) is 32.6 Å². The molecule has 0 aromatic heterocycles. The Kier molecular flexibility index (Phi) is 6.29. The summed E-state index contributed by atoms with van der Waals surface area (Å²) in [5, 5.41) is 0. The van der Waals surface area contributed by atoms with E-state index in [1.54, 1.807) is 0 Å². The summed E-state index contributed by atoms with van der Waals surface area (Å²) >= 11 is 0. The number of amides is 2. The SMILES string of the molecule is CCC1CCCCN1C(=O)C(C)N1CCN(C(=O)C(C)(C)C)CC1. The molecule has 2 heterocycles. The number of piperidine rings is 1. The van der Waals surface area contributed by atoms with Gasteiger partial charge in [-0.15, -0.1) is 0 Å². The van der Waals surface area contributed by atoms with Gasteiger partial charge in [0.1, 0.15) is 0 Å². The first-order valence-electron chi connectivity index (χ1n) is 9.59. The van der Waals surface area contributed by atoms with Crippen LogP contribution < -0.4 is 0 Å². The third kappa shape index (κ3) is 4.29. The molecule has 0 aliphatic carbocycles. The number of hydrogen-bond acceptors (Lipinski definition) is 3. The van der Waals surface area contributed by atoms with Crippen molar-refractivity contribution in [1.82, 2.24) is 14.7 Å². The molecule has 2 rings (SSSR count). The van der Waals surface area contributed by atoms with Crippen LogP contribution in [0.3, 0.4) is 0 Å². The smallest absolute Gasteiger partial charge is 0.239 e. The van der Waals surface area contributed by atoms with Gasteiger partial charge in [-0.05, 0) is 32.6 Å². The van der Waals surface area contributed by atoms with E-state index in [-0.39, 0.29) is 23.3 Å². The highest BCUT2D eigenvalue weighted by Gasteiger charge is 2.35. The lowest BCUT2D eigenvalue weighted by Crippen LogP contribution is -2.58. The van der Waals surface area contributed by atoms with Crippen LogP contribution >= 0.6 is 0 Å². The van der Waals surface area contributed by atoms with E-state index < -0.39 is 0 Å². The van der Waals surface area contributed by atoms with E-state index in [2.05, 4.69) is 16.7 Å². The van der Waals surface area contributed by atoms with E-state index >= 15 is 0 Å². The van der Waals surface area contributed by atoms with Crippen LogP contribution in [0, 0.1) is 5.41 Å². The van der Waals surface area contributed by atoms with Crippen molar-refractivity contribution < 1.29 is 9.59 Å². The van der Waals surface area contributed by atoms with Crippen molar-refractivity contribution in [2.24, 2.45) is 5.41 Å². The Morgan fingerprint density at radius 2 is 1.67 bits per heavy atom. The van der Waals surface area contributed by atoms with Crippen LogP contribution in [-0.4, -0.2) is 71.3 Å². The third-order valence-electron chi connectivity index (χ3n) is 5.53. The van der Waals surface area contributed by atoms with Gasteiger partial charge < -0.3 is 9.80 Å². The van der Waals surface area contributed by atoms with E-state index in [4.69, 9.17) is 0 Å². The van der Waals surface area contributed by atoms with Gasteiger partial charge in [-0.3, -0.25) is 14.5 Å². The molecule has 0 bridgehead atoms. The lowest BCUT2D eigenvalue weighted by molar-refractivity contribution is -0.144. The number of rotatable bonds is 3. The molecule has 2 aliphatic heterocycles. The van der Waals surface area contributed by atoms with Gasteiger partial charge in [0.05, 0.1) is 6.04 Å². The topological polar surface area (TPSA) is 43.9 Å². The van der Waals surface area contributed by atoms with Crippen molar-refractivity contribution in [3.63, 3.8) is 0 Å². The Hall–Kier alpha value is -1.10. The number of nitrogens with zero attached hydrogens (tertiary/aromatic N) is 3. The van der Waals surface area contributed by atoms with Crippen LogP contribution in [0.25, 0.3) is 0 Å². The molecular weight excluding hydrogens is 302 g/mol. The van der Waals surface area contributed by atoms with Gasteiger partial charge in [0, 0.05) is 44.2 Å². The molecule has 2 amide bonds. The van der Waals surface area contributed by atoms with Crippen LogP contribution in [0.15, 0.2) is 0 Å². The van der Waals surface area contributed by atoms with Gasteiger partial charge in [-0.1, -0.05) is 27.7 Å². The highest BCUT2D eigenvalue weighted by Crippen LogP contribution is 2.23. The fraction of sp³-hybridized carbons (Fsp3) is 0.895. The summed E-state index contributed by atoms with van der Waals surface area (Å²) in [7, 11) is 0. The first-order valence-corrected chi connectivity index (χ1v) is 9.59. The van der Waals surface area contributed by atoms with Gasteiger partial charge in [-0.25, -0.2) is 0 Å². The lowest BCUT2D eigenvalue weighted by Gasteiger charge is -2.42. The average molecular weight is 338 g/mol. The maximum absolute atomic E-state index is 12.9. The highest BCUT2D eigenvalue weighted by molar-refractivity contribution is 5.83. The molecule has 2 unspecified atom stereocenters. The Labute approximate surface area is 147 Å². The second-order valence-corrected chi connectivity index (χ2v) is 8.34. The summed E-state index contributed by atoms with van der Waals surface area (Å²) in [5.41, 5.74) is -0.328. The maximum Gasteiger partial charge on any atom is 0.239 e. The van der Waals surface area contributed by atoms with Gasteiger partial charge in [0.25, 0.3) is 0 Å². The minimum atomic E-state index is -0.328. The molecule has 0 aromatic carbocycles. The van der Waals surface area contributed by atoms with Gasteiger partial charge in [0.2, 0.25) is 11.8 Å². The van der Waals surface area contributed by atoms with E-state index in [0.29, 0.717) is 6.04 Å². The van der Waals surface area contributed by atoms with Crippen LogP contribution in [-0.2, 0) is 9.59 Å². The van der Waals surface area contributed by atoms with E-state index in [9.17, 15) is 9.59 Å². The molecular formula is C19H35N3O2. The zero-order valence-corrected chi connectivity index (χ0v) is 16.2. The number of carbonyl (C=O) groups excluding carboxylic acids is 2. The lowest BCUT2D eigenvalue weighted by atomic mass is 9.94. The van der Waals surface area contributed by atoms with Crippen molar-refractivity contribution in [3.8, 4) is 0 Å². The van der Waals surface area contributed by atoms with E-state index in [0.717, 1.165) is 52.0 Å². The predicted octanol–water partition coefficient (Wildman–Crippen LogP) is 2.36. The Bertz CT molecular complexity index is 450. The molecule has 2 fully saturated rings. The molecule has 2 saturated heterocycles.